The summed E-state index contributed by atoms with van der Waals surface area (Å²) in [5.74, 6) is 1.89. The molecule has 0 amide bonds. The highest BCUT2D eigenvalue weighted by molar-refractivity contribution is 6.30. The molecule has 100 valence electrons. The predicted octanol–water partition coefficient (Wildman–Crippen LogP) is 4.02. The molecule has 2 nitrogen and oxygen atoms in total. The lowest BCUT2D eigenvalue weighted by Crippen LogP contribution is -2.15. The van der Waals surface area contributed by atoms with Crippen molar-refractivity contribution in [3.63, 3.8) is 0 Å². The van der Waals surface area contributed by atoms with Gasteiger partial charge in [0.05, 0.1) is 6.61 Å². The van der Waals surface area contributed by atoms with E-state index in [1.54, 1.807) is 0 Å². The van der Waals surface area contributed by atoms with Crippen molar-refractivity contribution < 1.29 is 4.74 Å². The highest BCUT2D eigenvalue weighted by Gasteiger charge is 2.20. The number of halogens is 1. The van der Waals surface area contributed by atoms with E-state index in [1.807, 2.05) is 18.2 Å². The van der Waals surface area contributed by atoms with Crippen LogP contribution in [0.5, 0.6) is 5.75 Å². The molecule has 1 N–H and O–H groups in total. The highest BCUT2D eigenvalue weighted by atomic mass is 35.5. The minimum Gasteiger partial charge on any atom is -0.493 e. The fourth-order valence-electron chi connectivity index (χ4n) is 1.97. The Balaban J connectivity index is 1.88. The molecule has 0 heterocycles. The summed E-state index contributed by atoms with van der Waals surface area (Å²) in [6.07, 6.45) is 5.09. The smallest absolute Gasteiger partial charge is 0.123 e. The van der Waals surface area contributed by atoms with E-state index in [2.05, 4.69) is 12.2 Å². The molecule has 0 atom stereocenters. The van der Waals surface area contributed by atoms with Crippen LogP contribution in [0.15, 0.2) is 18.2 Å². The van der Waals surface area contributed by atoms with Crippen LogP contribution in [0, 0.1) is 5.92 Å². The van der Waals surface area contributed by atoms with Gasteiger partial charge in [0, 0.05) is 17.1 Å². The van der Waals surface area contributed by atoms with Crippen molar-refractivity contribution in [3.05, 3.63) is 28.8 Å². The molecule has 2 rings (SSSR count). The van der Waals surface area contributed by atoms with Crippen molar-refractivity contribution in [2.24, 2.45) is 5.92 Å². The van der Waals surface area contributed by atoms with Crippen LogP contribution in [0.4, 0.5) is 0 Å². The van der Waals surface area contributed by atoms with Gasteiger partial charge >= 0.3 is 0 Å². The van der Waals surface area contributed by atoms with Crippen molar-refractivity contribution in [2.75, 3.05) is 13.2 Å². The molecule has 0 unspecified atom stereocenters. The molecular weight excluding hydrogens is 246 g/mol. The minimum absolute atomic E-state index is 0.776. The van der Waals surface area contributed by atoms with Gasteiger partial charge in [-0.2, -0.15) is 0 Å². The van der Waals surface area contributed by atoms with Gasteiger partial charge in [-0.15, -0.1) is 0 Å². The number of ether oxygens (including phenoxy) is 1. The maximum absolute atomic E-state index is 6.04. The van der Waals surface area contributed by atoms with Crippen LogP contribution >= 0.6 is 11.6 Å². The van der Waals surface area contributed by atoms with Crippen molar-refractivity contribution in [1.82, 2.24) is 5.32 Å². The van der Waals surface area contributed by atoms with Gasteiger partial charge in [-0.25, -0.2) is 0 Å². The fraction of sp³-hybridized carbons (Fsp3) is 0.600. The summed E-state index contributed by atoms with van der Waals surface area (Å²) in [7, 11) is 0. The van der Waals surface area contributed by atoms with Gasteiger partial charge in [0.2, 0.25) is 0 Å². The largest absolute Gasteiger partial charge is 0.493 e. The molecule has 1 aromatic rings. The third kappa shape index (κ3) is 4.51. The first kappa shape index (κ1) is 13.7. The number of rotatable bonds is 8. The Labute approximate surface area is 115 Å². The molecule has 0 bridgehead atoms. The SMILES string of the molecule is CCCNCc1cc(Cl)ccc1OCCC1CC1. The zero-order chi connectivity index (χ0) is 12.8. The molecule has 1 aromatic carbocycles. The van der Waals surface area contributed by atoms with Crippen molar-refractivity contribution in [2.45, 2.75) is 39.2 Å². The van der Waals surface area contributed by atoms with Gasteiger partial charge in [0.1, 0.15) is 5.75 Å². The summed E-state index contributed by atoms with van der Waals surface area (Å²) in [4.78, 5) is 0. The molecule has 1 fully saturated rings. The van der Waals surface area contributed by atoms with Crippen molar-refractivity contribution >= 4 is 11.6 Å². The second-order valence-electron chi connectivity index (χ2n) is 5.01. The minimum atomic E-state index is 0.776. The van der Waals surface area contributed by atoms with E-state index in [9.17, 15) is 0 Å². The Bertz CT molecular complexity index is 377. The Kier molecular flexibility index (Phi) is 5.33. The molecule has 18 heavy (non-hydrogen) atoms. The van der Waals surface area contributed by atoms with Crippen molar-refractivity contribution in [3.8, 4) is 5.75 Å². The van der Waals surface area contributed by atoms with Gasteiger partial charge in [0.25, 0.3) is 0 Å². The molecule has 1 saturated carbocycles. The molecule has 0 aliphatic heterocycles. The maximum Gasteiger partial charge on any atom is 0.123 e. The van der Waals surface area contributed by atoms with Crippen LogP contribution in [0.2, 0.25) is 5.02 Å². The van der Waals surface area contributed by atoms with E-state index in [4.69, 9.17) is 16.3 Å². The molecule has 1 aliphatic rings. The average molecular weight is 268 g/mol. The summed E-state index contributed by atoms with van der Waals surface area (Å²) in [5.41, 5.74) is 1.16. The molecular formula is C15H22ClNO. The molecule has 0 saturated heterocycles. The molecule has 0 radical (unpaired) electrons. The topological polar surface area (TPSA) is 21.3 Å². The zero-order valence-electron chi connectivity index (χ0n) is 11.0. The van der Waals surface area contributed by atoms with Gasteiger partial charge in [0.15, 0.2) is 0 Å². The van der Waals surface area contributed by atoms with Gasteiger partial charge in [-0.1, -0.05) is 31.4 Å². The number of hydrogen-bond acceptors (Lipinski definition) is 2. The third-order valence-electron chi connectivity index (χ3n) is 3.25. The van der Waals surface area contributed by atoms with E-state index in [-0.39, 0.29) is 0 Å². The van der Waals surface area contributed by atoms with Crippen molar-refractivity contribution in [1.29, 1.82) is 0 Å². The van der Waals surface area contributed by atoms with Crippen LogP contribution in [-0.4, -0.2) is 13.2 Å². The fourth-order valence-corrected chi connectivity index (χ4v) is 2.16. The third-order valence-corrected chi connectivity index (χ3v) is 3.48. The lowest BCUT2D eigenvalue weighted by atomic mass is 10.2. The normalized spacial score (nSPS) is 14.8. The lowest BCUT2D eigenvalue weighted by molar-refractivity contribution is 0.299. The monoisotopic (exact) mass is 267 g/mol. The van der Waals surface area contributed by atoms with Crippen LogP contribution in [0.1, 0.15) is 38.2 Å². The summed E-state index contributed by atoms with van der Waals surface area (Å²) in [6.45, 7) is 4.84. The molecule has 0 spiro atoms. The van der Waals surface area contributed by atoms with E-state index in [1.165, 1.54) is 19.3 Å². The van der Waals surface area contributed by atoms with E-state index >= 15 is 0 Å². The lowest BCUT2D eigenvalue weighted by Gasteiger charge is -2.12. The predicted molar refractivity (Wildman–Crippen MR) is 76.3 cm³/mol. The summed E-state index contributed by atoms with van der Waals surface area (Å²) >= 11 is 6.04. The Morgan fingerprint density at radius 3 is 2.94 bits per heavy atom. The van der Waals surface area contributed by atoms with Gasteiger partial charge in [-0.3, -0.25) is 0 Å². The quantitative estimate of drug-likeness (QED) is 0.719. The second kappa shape index (κ2) is 7.01. The summed E-state index contributed by atoms with van der Waals surface area (Å²) in [6, 6.07) is 5.88. The van der Waals surface area contributed by atoms with Crippen LogP contribution in [-0.2, 0) is 6.54 Å². The number of hydrogen-bond donors (Lipinski definition) is 1. The Morgan fingerprint density at radius 2 is 2.22 bits per heavy atom. The van der Waals surface area contributed by atoms with Crippen LogP contribution < -0.4 is 10.1 Å². The Hall–Kier alpha value is -0.730. The second-order valence-corrected chi connectivity index (χ2v) is 5.45. The number of benzene rings is 1. The molecule has 1 aliphatic carbocycles. The van der Waals surface area contributed by atoms with Crippen LogP contribution in [0.3, 0.4) is 0 Å². The number of nitrogens with one attached hydrogen (secondary N) is 1. The summed E-state index contributed by atoms with van der Waals surface area (Å²) < 4.78 is 5.88. The highest BCUT2D eigenvalue weighted by Crippen LogP contribution is 2.32. The molecule has 0 aromatic heterocycles. The van der Waals surface area contributed by atoms with Gasteiger partial charge < -0.3 is 10.1 Å². The van der Waals surface area contributed by atoms with E-state index in [0.717, 1.165) is 48.4 Å². The zero-order valence-corrected chi connectivity index (χ0v) is 11.8. The molecule has 3 heteroatoms. The van der Waals surface area contributed by atoms with E-state index < -0.39 is 0 Å². The average Bonchev–Trinajstić information content (AvgIpc) is 3.16. The first-order valence-electron chi connectivity index (χ1n) is 6.91. The first-order chi connectivity index (χ1) is 8.79. The van der Waals surface area contributed by atoms with Gasteiger partial charge in [-0.05, 0) is 43.5 Å². The first-order valence-corrected chi connectivity index (χ1v) is 7.29. The maximum atomic E-state index is 6.04. The van der Waals surface area contributed by atoms with Crippen LogP contribution in [0.25, 0.3) is 0 Å². The Morgan fingerprint density at radius 1 is 1.39 bits per heavy atom. The standard InChI is InChI=1S/C15H22ClNO/c1-2-8-17-11-13-10-14(16)5-6-15(13)18-9-7-12-3-4-12/h5-6,10,12,17H,2-4,7-9,11H2,1H3. The van der Waals surface area contributed by atoms with E-state index in [0.29, 0.717) is 0 Å². The summed E-state index contributed by atoms with van der Waals surface area (Å²) in [5, 5.41) is 4.17.